The van der Waals surface area contributed by atoms with Crippen LogP contribution in [0.5, 0.6) is 0 Å². The van der Waals surface area contributed by atoms with E-state index in [-0.39, 0.29) is 6.85 Å². The van der Waals surface area contributed by atoms with Gasteiger partial charge in [0.2, 0.25) is 0 Å². The molecule has 0 aliphatic carbocycles. The SMILES string of the molecule is c1ccc(N2B(c3cccc(-c4ccc5c6ccccc6c6ccccc6c5c4)c3)c3ccccc3-c3ccccc32)cc1. The zero-order chi connectivity index (χ0) is 29.0. The first-order chi connectivity index (χ1) is 21.8. The van der Waals surface area contributed by atoms with Crippen LogP contribution in [0.2, 0.25) is 0 Å². The normalized spacial score (nSPS) is 12.5. The highest BCUT2D eigenvalue weighted by Gasteiger charge is 2.36. The molecular formula is C42H28BN. The molecule has 1 aliphatic heterocycles. The first-order valence-corrected chi connectivity index (χ1v) is 15.3. The Labute approximate surface area is 257 Å². The topological polar surface area (TPSA) is 3.24 Å². The third-order valence-electron chi connectivity index (χ3n) is 9.28. The van der Waals surface area contributed by atoms with Crippen LogP contribution in [0.1, 0.15) is 0 Å². The van der Waals surface area contributed by atoms with Crippen LogP contribution in [-0.4, -0.2) is 6.85 Å². The highest BCUT2D eigenvalue weighted by molar-refractivity contribution is 6.90. The summed E-state index contributed by atoms with van der Waals surface area (Å²) < 4.78 is 0. The summed E-state index contributed by atoms with van der Waals surface area (Å²) in [6.45, 7) is 0.0358. The van der Waals surface area contributed by atoms with Gasteiger partial charge in [0.05, 0.1) is 0 Å². The maximum absolute atomic E-state index is 2.51. The molecule has 44 heavy (non-hydrogen) atoms. The first-order valence-electron chi connectivity index (χ1n) is 15.3. The second kappa shape index (κ2) is 10.0. The molecule has 8 aromatic carbocycles. The van der Waals surface area contributed by atoms with Crippen molar-refractivity contribution >= 4 is 61.5 Å². The van der Waals surface area contributed by atoms with Crippen LogP contribution in [0.15, 0.2) is 170 Å². The lowest BCUT2D eigenvalue weighted by Crippen LogP contribution is -2.57. The van der Waals surface area contributed by atoms with Crippen molar-refractivity contribution in [2.75, 3.05) is 4.81 Å². The molecule has 0 radical (unpaired) electrons. The number of rotatable bonds is 3. The van der Waals surface area contributed by atoms with Crippen LogP contribution in [0, 0.1) is 0 Å². The average Bonchev–Trinajstić information content (AvgIpc) is 3.11. The molecule has 0 bridgehead atoms. The molecule has 1 aliphatic rings. The molecule has 9 rings (SSSR count). The van der Waals surface area contributed by atoms with Crippen molar-refractivity contribution in [1.82, 2.24) is 0 Å². The Morgan fingerprint density at radius 2 is 0.932 bits per heavy atom. The highest BCUT2D eigenvalue weighted by Crippen LogP contribution is 2.40. The molecule has 1 nitrogen and oxygen atoms in total. The molecule has 0 atom stereocenters. The number of para-hydroxylation sites is 2. The summed E-state index contributed by atoms with van der Waals surface area (Å²) in [5.41, 5.74) is 10.1. The molecule has 0 N–H and O–H groups in total. The smallest absolute Gasteiger partial charge is 0.328 e. The Bertz CT molecular complexity index is 2320. The predicted molar refractivity (Wildman–Crippen MR) is 190 cm³/mol. The van der Waals surface area contributed by atoms with Crippen molar-refractivity contribution in [3.63, 3.8) is 0 Å². The fourth-order valence-electron chi connectivity index (χ4n) is 7.35. The van der Waals surface area contributed by atoms with Crippen LogP contribution in [-0.2, 0) is 0 Å². The lowest BCUT2D eigenvalue weighted by molar-refractivity contribution is 1.36. The molecule has 0 fully saturated rings. The van der Waals surface area contributed by atoms with Crippen LogP contribution in [0.4, 0.5) is 11.4 Å². The number of nitrogens with zero attached hydrogens (tertiary/aromatic N) is 1. The second-order valence-corrected chi connectivity index (χ2v) is 11.7. The monoisotopic (exact) mass is 557 g/mol. The van der Waals surface area contributed by atoms with E-state index in [4.69, 9.17) is 0 Å². The number of fused-ring (bicyclic) bond motifs is 9. The highest BCUT2D eigenvalue weighted by atomic mass is 15.1. The van der Waals surface area contributed by atoms with E-state index in [1.54, 1.807) is 0 Å². The molecular weight excluding hydrogens is 529 g/mol. The minimum absolute atomic E-state index is 0.0358. The summed E-state index contributed by atoms with van der Waals surface area (Å²) in [6.07, 6.45) is 0. The second-order valence-electron chi connectivity index (χ2n) is 11.7. The zero-order valence-electron chi connectivity index (χ0n) is 24.2. The van der Waals surface area contributed by atoms with E-state index in [0.29, 0.717) is 0 Å². The van der Waals surface area contributed by atoms with Gasteiger partial charge in [-0.25, -0.2) is 0 Å². The van der Waals surface area contributed by atoms with E-state index < -0.39 is 0 Å². The third kappa shape index (κ3) is 3.81. The van der Waals surface area contributed by atoms with E-state index in [1.807, 2.05) is 0 Å². The summed E-state index contributed by atoms with van der Waals surface area (Å²) in [5.74, 6) is 0. The minimum Gasteiger partial charge on any atom is -0.376 e. The van der Waals surface area contributed by atoms with E-state index in [0.717, 1.165) is 0 Å². The molecule has 0 amide bonds. The van der Waals surface area contributed by atoms with Gasteiger partial charge in [-0.15, -0.1) is 0 Å². The maximum atomic E-state index is 2.51. The van der Waals surface area contributed by atoms with Gasteiger partial charge in [-0.2, -0.15) is 0 Å². The Morgan fingerprint density at radius 1 is 0.364 bits per heavy atom. The van der Waals surface area contributed by atoms with Gasteiger partial charge in [-0.05, 0) is 78.7 Å². The van der Waals surface area contributed by atoms with Crippen LogP contribution in [0.25, 0.3) is 54.6 Å². The Kier molecular flexibility index (Phi) is 5.67. The number of benzene rings is 8. The summed E-state index contributed by atoms with van der Waals surface area (Å²) in [5, 5.41) is 7.81. The summed E-state index contributed by atoms with van der Waals surface area (Å²) in [7, 11) is 0. The minimum atomic E-state index is 0.0358. The molecule has 1 heterocycles. The maximum Gasteiger partial charge on any atom is 0.328 e. The van der Waals surface area contributed by atoms with Gasteiger partial charge in [0.25, 0.3) is 0 Å². The van der Waals surface area contributed by atoms with Crippen LogP contribution < -0.4 is 15.7 Å². The predicted octanol–water partition coefficient (Wildman–Crippen LogP) is 9.74. The van der Waals surface area contributed by atoms with Gasteiger partial charge in [0.1, 0.15) is 0 Å². The summed E-state index contributed by atoms with van der Waals surface area (Å²) >= 11 is 0. The first kappa shape index (κ1) is 25.0. The van der Waals surface area contributed by atoms with Crippen molar-refractivity contribution in [2.24, 2.45) is 0 Å². The molecule has 204 valence electrons. The van der Waals surface area contributed by atoms with Crippen molar-refractivity contribution in [2.45, 2.75) is 0 Å². The van der Waals surface area contributed by atoms with Gasteiger partial charge in [0, 0.05) is 16.9 Å². The quantitative estimate of drug-likeness (QED) is 0.154. The molecule has 0 saturated heterocycles. The summed E-state index contributed by atoms with van der Waals surface area (Å²) in [4.78, 5) is 2.51. The van der Waals surface area contributed by atoms with Gasteiger partial charge in [-0.3, -0.25) is 0 Å². The van der Waals surface area contributed by atoms with Crippen molar-refractivity contribution < 1.29 is 0 Å². The van der Waals surface area contributed by atoms with Gasteiger partial charge < -0.3 is 4.81 Å². The van der Waals surface area contributed by atoms with Gasteiger partial charge in [0.15, 0.2) is 0 Å². The van der Waals surface area contributed by atoms with E-state index in [9.17, 15) is 0 Å². The Hall–Kier alpha value is -5.60. The largest absolute Gasteiger partial charge is 0.376 e. The fourth-order valence-corrected chi connectivity index (χ4v) is 7.35. The van der Waals surface area contributed by atoms with E-state index in [1.165, 1.54) is 76.9 Å². The zero-order valence-corrected chi connectivity index (χ0v) is 24.2. The number of hydrogen-bond donors (Lipinski definition) is 0. The fraction of sp³-hybridized carbons (Fsp3) is 0. The van der Waals surface area contributed by atoms with E-state index >= 15 is 0 Å². The molecule has 0 saturated carbocycles. The molecule has 0 unspecified atom stereocenters. The summed E-state index contributed by atoms with van der Waals surface area (Å²) in [6, 6.07) is 62.3. The van der Waals surface area contributed by atoms with Gasteiger partial charge in [-0.1, -0.05) is 151 Å². The lowest BCUT2D eigenvalue weighted by atomic mass is 9.45. The number of hydrogen-bond acceptors (Lipinski definition) is 1. The van der Waals surface area contributed by atoms with Crippen molar-refractivity contribution in [3.8, 4) is 22.3 Å². The van der Waals surface area contributed by atoms with Crippen molar-refractivity contribution in [3.05, 3.63) is 170 Å². The number of anilines is 2. The molecule has 8 aromatic rings. The van der Waals surface area contributed by atoms with Crippen molar-refractivity contribution in [1.29, 1.82) is 0 Å². The Balaban J connectivity index is 1.25. The molecule has 0 spiro atoms. The van der Waals surface area contributed by atoms with E-state index in [2.05, 4.69) is 175 Å². The average molecular weight is 558 g/mol. The van der Waals surface area contributed by atoms with Crippen LogP contribution in [0.3, 0.4) is 0 Å². The lowest BCUT2D eigenvalue weighted by Gasteiger charge is -2.39. The van der Waals surface area contributed by atoms with Gasteiger partial charge >= 0.3 is 6.85 Å². The standard InChI is InChI=1S/C42H28BN/c1-2-15-32(16-3-1)44-42-24-11-9-22-39(42)38-21-8-10-23-41(38)43(44)31-14-12-13-29(27-31)30-25-26-37-35-19-5-4-17-33(35)34-18-6-7-20-36(34)40(37)28-30/h1-28H. The third-order valence-corrected chi connectivity index (χ3v) is 9.28. The Morgan fingerprint density at radius 3 is 1.68 bits per heavy atom. The molecule has 0 aromatic heterocycles. The van der Waals surface area contributed by atoms with Crippen LogP contribution >= 0.6 is 0 Å². The molecule has 2 heteroatoms.